The number of anilines is 4. The first-order valence-corrected chi connectivity index (χ1v) is 12.7. The van der Waals surface area contributed by atoms with Crippen molar-refractivity contribution in [2.45, 2.75) is 39.8 Å². The predicted octanol–water partition coefficient (Wildman–Crippen LogP) is 6.78. The van der Waals surface area contributed by atoms with Gasteiger partial charge >= 0.3 is 0 Å². The molecule has 0 aliphatic carbocycles. The first-order valence-electron chi connectivity index (χ1n) is 12.7. The number of aliphatic imine (C=N–C) groups is 2. The van der Waals surface area contributed by atoms with E-state index in [1.165, 1.54) is 0 Å². The number of ether oxygens (including phenoxy) is 2. The highest BCUT2D eigenvalue weighted by Crippen LogP contribution is 2.33. The van der Waals surface area contributed by atoms with Crippen molar-refractivity contribution in [2.24, 2.45) is 21.8 Å². The Hall–Kier alpha value is -3.80. The van der Waals surface area contributed by atoms with Crippen molar-refractivity contribution >= 4 is 34.5 Å². The number of benzene rings is 3. The fourth-order valence-corrected chi connectivity index (χ4v) is 4.31. The SMILES string of the molecule is CC(C)[C@H]1COC(c2ccccc2Nc2ccccc2Nc2ccccc2C2=N[C@@H](C(C)C)CO2)=N1. The van der Waals surface area contributed by atoms with E-state index in [2.05, 4.69) is 74.7 Å². The molecule has 2 aliphatic rings. The lowest BCUT2D eigenvalue weighted by atomic mass is 10.1. The lowest BCUT2D eigenvalue weighted by Gasteiger charge is -2.17. The first kappa shape index (κ1) is 23.9. The Labute approximate surface area is 213 Å². The van der Waals surface area contributed by atoms with Crippen molar-refractivity contribution in [3.63, 3.8) is 0 Å². The molecule has 5 rings (SSSR count). The van der Waals surface area contributed by atoms with Gasteiger partial charge in [-0.25, -0.2) is 9.98 Å². The minimum Gasteiger partial charge on any atom is -0.475 e. The van der Waals surface area contributed by atoms with Crippen LogP contribution in [0.25, 0.3) is 0 Å². The van der Waals surface area contributed by atoms with Gasteiger partial charge in [0.1, 0.15) is 13.2 Å². The maximum atomic E-state index is 5.98. The summed E-state index contributed by atoms with van der Waals surface area (Å²) in [7, 11) is 0. The zero-order valence-electron chi connectivity index (χ0n) is 21.4. The molecular formula is C30H34N4O2. The van der Waals surface area contributed by atoms with E-state index in [1.807, 2.05) is 36.4 Å². The number of hydrogen-bond donors (Lipinski definition) is 2. The molecule has 0 aromatic heterocycles. The molecule has 2 N–H and O–H groups in total. The zero-order chi connectivity index (χ0) is 25.1. The van der Waals surface area contributed by atoms with Gasteiger partial charge < -0.3 is 20.1 Å². The Balaban J connectivity index is 1.42. The highest BCUT2D eigenvalue weighted by Gasteiger charge is 2.26. The van der Waals surface area contributed by atoms with E-state index in [9.17, 15) is 0 Å². The molecule has 3 aromatic carbocycles. The van der Waals surface area contributed by atoms with Gasteiger partial charge in [-0.05, 0) is 48.2 Å². The van der Waals surface area contributed by atoms with Crippen LogP contribution in [-0.2, 0) is 9.47 Å². The molecule has 0 spiro atoms. The van der Waals surface area contributed by atoms with Gasteiger partial charge in [0.2, 0.25) is 11.8 Å². The molecule has 6 heteroatoms. The second-order valence-corrected chi connectivity index (χ2v) is 10.00. The van der Waals surface area contributed by atoms with Crippen LogP contribution >= 0.6 is 0 Å². The molecule has 0 unspecified atom stereocenters. The highest BCUT2D eigenvalue weighted by atomic mass is 16.5. The van der Waals surface area contributed by atoms with Gasteiger partial charge in [0, 0.05) is 0 Å². The van der Waals surface area contributed by atoms with E-state index >= 15 is 0 Å². The van der Waals surface area contributed by atoms with Gasteiger partial charge in [-0.15, -0.1) is 0 Å². The van der Waals surface area contributed by atoms with E-state index in [0.29, 0.717) is 36.8 Å². The largest absolute Gasteiger partial charge is 0.475 e. The Morgan fingerprint density at radius 1 is 0.583 bits per heavy atom. The van der Waals surface area contributed by atoms with E-state index in [4.69, 9.17) is 19.5 Å². The van der Waals surface area contributed by atoms with Crippen LogP contribution in [0.2, 0.25) is 0 Å². The van der Waals surface area contributed by atoms with Crippen LogP contribution in [0, 0.1) is 11.8 Å². The predicted molar refractivity (Wildman–Crippen MR) is 148 cm³/mol. The molecule has 0 saturated carbocycles. The number of nitrogens with zero attached hydrogens (tertiary/aromatic N) is 2. The summed E-state index contributed by atoms with van der Waals surface area (Å²) in [6, 6.07) is 24.8. The van der Waals surface area contributed by atoms with Gasteiger partial charge in [0.05, 0.1) is 46.0 Å². The molecular weight excluding hydrogens is 448 g/mol. The van der Waals surface area contributed by atoms with Gasteiger partial charge in [-0.3, -0.25) is 0 Å². The maximum absolute atomic E-state index is 5.98. The van der Waals surface area contributed by atoms with E-state index in [-0.39, 0.29) is 12.1 Å². The van der Waals surface area contributed by atoms with Crippen LogP contribution in [0.4, 0.5) is 22.7 Å². The van der Waals surface area contributed by atoms with E-state index in [0.717, 1.165) is 33.9 Å². The van der Waals surface area contributed by atoms with Crippen LogP contribution in [0.5, 0.6) is 0 Å². The Morgan fingerprint density at radius 3 is 1.31 bits per heavy atom. The lowest BCUT2D eigenvalue weighted by molar-refractivity contribution is 0.292. The molecule has 3 aromatic rings. The average Bonchev–Trinajstić information content (AvgIpc) is 3.57. The lowest BCUT2D eigenvalue weighted by Crippen LogP contribution is -2.13. The molecule has 36 heavy (non-hydrogen) atoms. The smallest absolute Gasteiger partial charge is 0.218 e. The molecule has 0 fully saturated rings. The summed E-state index contributed by atoms with van der Waals surface area (Å²) >= 11 is 0. The maximum Gasteiger partial charge on any atom is 0.218 e. The second-order valence-electron chi connectivity index (χ2n) is 10.00. The highest BCUT2D eigenvalue weighted by molar-refractivity contribution is 6.03. The summed E-state index contributed by atoms with van der Waals surface area (Å²) in [5.74, 6) is 2.28. The van der Waals surface area contributed by atoms with E-state index in [1.54, 1.807) is 0 Å². The van der Waals surface area contributed by atoms with Crippen molar-refractivity contribution in [1.82, 2.24) is 0 Å². The van der Waals surface area contributed by atoms with Crippen molar-refractivity contribution in [3.8, 4) is 0 Å². The summed E-state index contributed by atoms with van der Waals surface area (Å²) < 4.78 is 12.0. The first-order chi connectivity index (χ1) is 17.5. The van der Waals surface area contributed by atoms with Crippen LogP contribution in [-0.4, -0.2) is 37.1 Å². The van der Waals surface area contributed by atoms with Crippen LogP contribution < -0.4 is 10.6 Å². The van der Waals surface area contributed by atoms with Crippen molar-refractivity contribution < 1.29 is 9.47 Å². The van der Waals surface area contributed by atoms with Crippen molar-refractivity contribution in [1.29, 1.82) is 0 Å². The monoisotopic (exact) mass is 482 g/mol. The van der Waals surface area contributed by atoms with Gasteiger partial charge in [0.15, 0.2) is 0 Å². The average molecular weight is 483 g/mol. The third-order valence-electron chi connectivity index (χ3n) is 6.67. The normalized spacial score (nSPS) is 19.1. The number of para-hydroxylation sites is 4. The molecule has 186 valence electrons. The molecule has 0 amide bonds. The Bertz CT molecular complexity index is 1180. The number of nitrogens with one attached hydrogen (secondary N) is 2. The standard InChI is InChI=1S/C30H34N4O2/c1-19(2)27-17-35-29(33-27)21-11-5-7-13-23(21)31-25-15-9-10-16-26(25)32-24-14-8-6-12-22(24)30-34-28(18-36-30)20(3)4/h5-16,19-20,27-28,31-32H,17-18H2,1-4H3/t27-,28-/m1/s1. The molecule has 0 radical (unpaired) electrons. The molecule has 6 nitrogen and oxygen atoms in total. The third-order valence-corrected chi connectivity index (χ3v) is 6.67. The topological polar surface area (TPSA) is 67.2 Å². The summed E-state index contributed by atoms with van der Waals surface area (Å²) in [6.07, 6.45) is 0. The quantitative estimate of drug-likeness (QED) is 0.371. The molecule has 0 bridgehead atoms. The minimum absolute atomic E-state index is 0.189. The minimum atomic E-state index is 0.189. The fourth-order valence-electron chi connectivity index (χ4n) is 4.31. The van der Waals surface area contributed by atoms with E-state index < -0.39 is 0 Å². The van der Waals surface area contributed by atoms with Crippen LogP contribution in [0.3, 0.4) is 0 Å². The number of hydrogen-bond acceptors (Lipinski definition) is 6. The molecule has 2 aliphatic heterocycles. The number of rotatable bonds is 8. The Kier molecular flexibility index (Phi) is 6.94. The third kappa shape index (κ3) is 5.08. The van der Waals surface area contributed by atoms with Crippen LogP contribution in [0.15, 0.2) is 82.8 Å². The second kappa shape index (κ2) is 10.4. The van der Waals surface area contributed by atoms with Gasteiger partial charge in [-0.2, -0.15) is 0 Å². The Morgan fingerprint density at radius 2 is 0.944 bits per heavy atom. The van der Waals surface area contributed by atoms with Gasteiger partial charge in [-0.1, -0.05) is 64.1 Å². The molecule has 2 heterocycles. The molecule has 0 saturated heterocycles. The van der Waals surface area contributed by atoms with Crippen molar-refractivity contribution in [2.75, 3.05) is 23.8 Å². The summed E-state index contributed by atoms with van der Waals surface area (Å²) in [6.45, 7) is 9.95. The van der Waals surface area contributed by atoms with Crippen molar-refractivity contribution in [3.05, 3.63) is 83.9 Å². The fraction of sp³-hybridized carbons (Fsp3) is 0.333. The summed E-state index contributed by atoms with van der Waals surface area (Å²) in [5, 5.41) is 7.22. The zero-order valence-corrected chi connectivity index (χ0v) is 21.4. The van der Waals surface area contributed by atoms with Gasteiger partial charge in [0.25, 0.3) is 0 Å². The molecule has 2 atom stereocenters. The summed E-state index contributed by atoms with van der Waals surface area (Å²) in [4.78, 5) is 9.67. The van der Waals surface area contributed by atoms with Crippen LogP contribution in [0.1, 0.15) is 38.8 Å². The summed E-state index contributed by atoms with van der Waals surface area (Å²) in [5.41, 5.74) is 5.73.